The molecular formula is C25H22N2O2S. The maximum Gasteiger partial charge on any atom is 0.231 e. The second kappa shape index (κ2) is 8.20. The summed E-state index contributed by atoms with van der Waals surface area (Å²) < 4.78 is 13.4. The molecule has 0 atom stereocenters. The third kappa shape index (κ3) is 3.89. The van der Waals surface area contributed by atoms with Gasteiger partial charge in [0.25, 0.3) is 0 Å². The highest BCUT2D eigenvalue weighted by Gasteiger charge is 2.16. The molecular weight excluding hydrogens is 392 g/mol. The van der Waals surface area contributed by atoms with Crippen molar-refractivity contribution in [2.75, 3.05) is 6.79 Å². The van der Waals surface area contributed by atoms with Crippen molar-refractivity contribution in [2.24, 2.45) is 4.99 Å². The van der Waals surface area contributed by atoms with Gasteiger partial charge in [-0.15, -0.1) is 11.3 Å². The fourth-order valence-electron chi connectivity index (χ4n) is 3.61. The third-order valence-electron chi connectivity index (χ3n) is 5.16. The summed E-state index contributed by atoms with van der Waals surface area (Å²) >= 11 is 1.66. The standard InChI is InChI=1S/C25H22N2O2S/c1-18-6-5-9-21(14-18)26-25-27(13-12-19-7-3-2-4-8-19)22(16-30-25)20-10-11-23-24(15-20)29-17-28-23/h2-11,14-16H,12-13,17H2,1H3. The molecule has 0 saturated heterocycles. The maximum atomic E-state index is 5.59. The fraction of sp³-hybridized carbons (Fsp3) is 0.160. The number of benzene rings is 3. The van der Waals surface area contributed by atoms with Crippen LogP contribution in [0, 0.1) is 6.92 Å². The molecule has 3 aromatic carbocycles. The molecule has 0 radical (unpaired) electrons. The summed E-state index contributed by atoms with van der Waals surface area (Å²) in [6.45, 7) is 3.22. The summed E-state index contributed by atoms with van der Waals surface area (Å²) in [6.07, 6.45) is 0.941. The summed E-state index contributed by atoms with van der Waals surface area (Å²) in [4.78, 5) is 5.95. The lowest BCUT2D eigenvalue weighted by atomic mass is 10.1. The van der Waals surface area contributed by atoms with Gasteiger partial charge in [0.05, 0.1) is 11.4 Å². The highest BCUT2D eigenvalue weighted by atomic mass is 32.1. The summed E-state index contributed by atoms with van der Waals surface area (Å²) in [5.74, 6) is 1.60. The van der Waals surface area contributed by atoms with E-state index < -0.39 is 0 Å². The lowest BCUT2D eigenvalue weighted by Gasteiger charge is -2.10. The Morgan fingerprint density at radius 2 is 1.80 bits per heavy atom. The summed E-state index contributed by atoms with van der Waals surface area (Å²) in [5, 5.41) is 2.18. The number of hydrogen-bond donors (Lipinski definition) is 0. The van der Waals surface area contributed by atoms with E-state index >= 15 is 0 Å². The van der Waals surface area contributed by atoms with Gasteiger partial charge in [0, 0.05) is 17.5 Å². The molecule has 0 aliphatic carbocycles. The molecule has 30 heavy (non-hydrogen) atoms. The van der Waals surface area contributed by atoms with Gasteiger partial charge in [-0.25, -0.2) is 4.99 Å². The van der Waals surface area contributed by atoms with Crippen LogP contribution in [0.4, 0.5) is 5.69 Å². The maximum absolute atomic E-state index is 5.59. The van der Waals surface area contributed by atoms with E-state index in [1.54, 1.807) is 11.3 Å². The van der Waals surface area contributed by atoms with Crippen LogP contribution in [0.25, 0.3) is 11.3 Å². The molecule has 4 nitrogen and oxygen atoms in total. The van der Waals surface area contributed by atoms with Crippen molar-refractivity contribution >= 4 is 17.0 Å². The van der Waals surface area contributed by atoms with E-state index in [4.69, 9.17) is 14.5 Å². The summed E-state index contributed by atoms with van der Waals surface area (Å²) in [7, 11) is 0. The van der Waals surface area contributed by atoms with Gasteiger partial charge in [0.15, 0.2) is 16.3 Å². The monoisotopic (exact) mass is 414 g/mol. The normalized spacial score (nSPS) is 13.0. The largest absolute Gasteiger partial charge is 0.454 e. The van der Waals surface area contributed by atoms with Gasteiger partial charge >= 0.3 is 0 Å². The number of hydrogen-bond acceptors (Lipinski definition) is 4. The lowest BCUT2D eigenvalue weighted by Crippen LogP contribution is -2.17. The Labute approximate surface area is 179 Å². The lowest BCUT2D eigenvalue weighted by molar-refractivity contribution is 0.174. The molecule has 150 valence electrons. The Bertz CT molecular complexity index is 1240. The molecule has 5 rings (SSSR count). The predicted molar refractivity (Wildman–Crippen MR) is 120 cm³/mol. The van der Waals surface area contributed by atoms with Crippen molar-refractivity contribution in [2.45, 2.75) is 19.9 Å². The molecule has 0 saturated carbocycles. The van der Waals surface area contributed by atoms with E-state index in [-0.39, 0.29) is 6.79 Å². The molecule has 0 amide bonds. The molecule has 4 aromatic rings. The minimum absolute atomic E-state index is 0.282. The first kappa shape index (κ1) is 18.7. The Balaban J connectivity index is 1.57. The van der Waals surface area contributed by atoms with Crippen LogP contribution in [0.1, 0.15) is 11.1 Å². The fourth-order valence-corrected chi connectivity index (χ4v) is 4.57. The van der Waals surface area contributed by atoms with Crippen LogP contribution in [0.15, 0.2) is 83.2 Å². The van der Waals surface area contributed by atoms with Crippen LogP contribution in [-0.2, 0) is 13.0 Å². The van der Waals surface area contributed by atoms with Crippen LogP contribution in [0.5, 0.6) is 11.5 Å². The molecule has 0 spiro atoms. The number of thiazole rings is 1. The number of aryl methyl sites for hydroxylation is 2. The van der Waals surface area contributed by atoms with Gasteiger partial charge in [-0.05, 0) is 54.8 Å². The second-order valence-electron chi connectivity index (χ2n) is 7.31. The second-order valence-corrected chi connectivity index (χ2v) is 8.15. The third-order valence-corrected chi connectivity index (χ3v) is 6.02. The van der Waals surface area contributed by atoms with E-state index in [1.807, 2.05) is 6.07 Å². The first-order valence-corrected chi connectivity index (χ1v) is 10.9. The zero-order chi connectivity index (χ0) is 20.3. The SMILES string of the molecule is Cc1cccc(N=c2scc(-c3ccc4c(c3)OCO4)n2CCc2ccccc2)c1. The number of fused-ring (bicyclic) bond motifs is 1. The molecule has 1 aliphatic rings. The number of aromatic nitrogens is 1. The quantitative estimate of drug-likeness (QED) is 0.418. The Hall–Kier alpha value is -3.31. The topological polar surface area (TPSA) is 35.8 Å². The zero-order valence-electron chi connectivity index (χ0n) is 16.7. The van der Waals surface area contributed by atoms with Crippen LogP contribution in [0.2, 0.25) is 0 Å². The van der Waals surface area contributed by atoms with E-state index in [0.29, 0.717) is 0 Å². The summed E-state index contributed by atoms with van der Waals surface area (Å²) in [6, 6.07) is 25.0. The van der Waals surface area contributed by atoms with Gasteiger partial charge in [0.2, 0.25) is 6.79 Å². The van der Waals surface area contributed by atoms with Crippen molar-refractivity contribution in [1.29, 1.82) is 0 Å². The Morgan fingerprint density at radius 3 is 2.67 bits per heavy atom. The van der Waals surface area contributed by atoms with Gasteiger partial charge in [-0.2, -0.15) is 0 Å². The average Bonchev–Trinajstić information content (AvgIpc) is 3.39. The molecule has 1 aliphatic heterocycles. The molecule has 0 N–H and O–H groups in total. The summed E-state index contributed by atoms with van der Waals surface area (Å²) in [5.41, 5.74) is 5.74. The number of rotatable bonds is 5. The van der Waals surface area contributed by atoms with Gasteiger partial charge in [-0.3, -0.25) is 0 Å². The molecule has 0 bridgehead atoms. The van der Waals surface area contributed by atoms with Crippen molar-refractivity contribution < 1.29 is 9.47 Å². The zero-order valence-corrected chi connectivity index (χ0v) is 17.6. The van der Waals surface area contributed by atoms with E-state index in [1.165, 1.54) is 11.1 Å². The number of nitrogens with zero attached hydrogens (tertiary/aromatic N) is 2. The molecule has 1 aromatic heterocycles. The minimum Gasteiger partial charge on any atom is -0.454 e. The van der Waals surface area contributed by atoms with Gasteiger partial charge < -0.3 is 14.0 Å². The van der Waals surface area contributed by atoms with E-state index in [2.05, 4.69) is 83.6 Å². The Morgan fingerprint density at radius 1 is 0.933 bits per heavy atom. The smallest absolute Gasteiger partial charge is 0.231 e. The predicted octanol–water partition coefficient (Wildman–Crippen LogP) is 5.73. The van der Waals surface area contributed by atoms with Crippen LogP contribution >= 0.6 is 11.3 Å². The molecule has 5 heteroatoms. The van der Waals surface area contributed by atoms with Crippen molar-refractivity contribution in [1.82, 2.24) is 4.57 Å². The number of ether oxygens (including phenoxy) is 2. The van der Waals surface area contributed by atoms with Crippen molar-refractivity contribution in [3.8, 4) is 22.8 Å². The van der Waals surface area contributed by atoms with Crippen molar-refractivity contribution in [3.05, 3.63) is 94.1 Å². The van der Waals surface area contributed by atoms with Crippen molar-refractivity contribution in [3.63, 3.8) is 0 Å². The highest BCUT2D eigenvalue weighted by Crippen LogP contribution is 2.36. The van der Waals surface area contributed by atoms with E-state index in [0.717, 1.165) is 46.2 Å². The van der Waals surface area contributed by atoms with Crippen LogP contribution < -0.4 is 14.3 Å². The van der Waals surface area contributed by atoms with Gasteiger partial charge in [0.1, 0.15) is 0 Å². The minimum atomic E-state index is 0.282. The Kier molecular flexibility index (Phi) is 5.11. The van der Waals surface area contributed by atoms with Gasteiger partial charge in [-0.1, -0.05) is 42.5 Å². The molecule has 0 unspecified atom stereocenters. The average molecular weight is 415 g/mol. The van der Waals surface area contributed by atoms with E-state index in [9.17, 15) is 0 Å². The first-order chi connectivity index (χ1) is 14.8. The molecule has 0 fully saturated rings. The highest BCUT2D eigenvalue weighted by molar-refractivity contribution is 7.07. The first-order valence-electron chi connectivity index (χ1n) is 10.00. The molecule has 2 heterocycles. The van der Waals surface area contributed by atoms with Crippen LogP contribution in [0.3, 0.4) is 0 Å². The van der Waals surface area contributed by atoms with Crippen LogP contribution in [-0.4, -0.2) is 11.4 Å².